The van der Waals surface area contributed by atoms with Gasteiger partial charge in [-0.1, -0.05) is 6.42 Å². The fourth-order valence-corrected chi connectivity index (χ4v) is 2.31. The molecule has 2 nitrogen and oxygen atoms in total. The quantitative estimate of drug-likeness (QED) is 0.851. The number of anilines is 1. The Kier molecular flexibility index (Phi) is 4.00. The van der Waals surface area contributed by atoms with Crippen LogP contribution in [0, 0.1) is 11.7 Å². The van der Waals surface area contributed by atoms with Crippen LogP contribution in [0.3, 0.4) is 0 Å². The molecule has 0 aliphatic heterocycles. The van der Waals surface area contributed by atoms with Gasteiger partial charge in [-0.15, -0.1) is 0 Å². The lowest BCUT2D eigenvalue weighted by Crippen LogP contribution is -2.32. The fourth-order valence-electron chi connectivity index (χ4n) is 2.31. The van der Waals surface area contributed by atoms with E-state index >= 15 is 0 Å². The van der Waals surface area contributed by atoms with E-state index in [1.54, 1.807) is 6.07 Å². The predicted molar refractivity (Wildman–Crippen MR) is 67.6 cm³/mol. The Balaban J connectivity index is 2.13. The van der Waals surface area contributed by atoms with Crippen molar-refractivity contribution in [3.8, 4) is 0 Å². The summed E-state index contributed by atoms with van der Waals surface area (Å²) in [5.74, 6) is 0.495. The maximum Gasteiger partial charge on any atom is 0.125 e. The van der Waals surface area contributed by atoms with E-state index in [1.165, 1.54) is 25.3 Å². The maximum atomic E-state index is 13.4. The average molecular weight is 237 g/mol. The van der Waals surface area contributed by atoms with Crippen molar-refractivity contribution < 1.29 is 9.50 Å². The second kappa shape index (κ2) is 5.50. The Hall–Kier alpha value is -1.09. The van der Waals surface area contributed by atoms with Gasteiger partial charge in [-0.05, 0) is 49.4 Å². The third-order valence-corrected chi connectivity index (χ3v) is 3.58. The number of aliphatic hydroxyl groups excluding tert-OH is 1. The van der Waals surface area contributed by atoms with E-state index in [0.29, 0.717) is 5.56 Å². The minimum atomic E-state index is -0.265. The first-order valence-electron chi connectivity index (χ1n) is 6.38. The van der Waals surface area contributed by atoms with Gasteiger partial charge in [-0.2, -0.15) is 0 Å². The van der Waals surface area contributed by atoms with E-state index in [-0.39, 0.29) is 12.4 Å². The predicted octanol–water partition coefficient (Wildman–Crippen LogP) is 2.94. The number of halogens is 1. The van der Waals surface area contributed by atoms with Crippen LogP contribution in [-0.4, -0.2) is 18.2 Å². The molecular formula is C14H20FNO. The Bertz CT molecular complexity index is 376. The molecule has 1 saturated carbocycles. The van der Waals surface area contributed by atoms with E-state index in [4.69, 9.17) is 5.11 Å². The lowest BCUT2D eigenvalue weighted by molar-refractivity contribution is 0.281. The van der Waals surface area contributed by atoms with E-state index < -0.39 is 0 Å². The molecule has 0 unspecified atom stereocenters. The molecule has 0 spiro atoms. The molecule has 17 heavy (non-hydrogen) atoms. The summed E-state index contributed by atoms with van der Waals surface area (Å²) in [4.78, 5) is 2.20. The topological polar surface area (TPSA) is 23.5 Å². The molecule has 0 saturated heterocycles. The van der Waals surface area contributed by atoms with Crippen LogP contribution >= 0.6 is 0 Å². The van der Waals surface area contributed by atoms with E-state index in [9.17, 15) is 4.39 Å². The SMILES string of the molecule is CCN(CC1CCC1)c1cc(F)cc(CO)c1. The zero-order valence-corrected chi connectivity index (χ0v) is 10.3. The van der Waals surface area contributed by atoms with Crippen LogP contribution in [0.4, 0.5) is 10.1 Å². The van der Waals surface area contributed by atoms with Crippen LogP contribution in [0.1, 0.15) is 31.7 Å². The second-order valence-corrected chi connectivity index (χ2v) is 4.81. The molecule has 0 radical (unpaired) electrons. The number of aliphatic hydroxyl groups is 1. The number of nitrogens with zero attached hydrogens (tertiary/aromatic N) is 1. The zero-order valence-electron chi connectivity index (χ0n) is 10.3. The molecule has 1 aliphatic carbocycles. The summed E-state index contributed by atoms with van der Waals surface area (Å²) in [5.41, 5.74) is 1.54. The summed E-state index contributed by atoms with van der Waals surface area (Å²) in [6.45, 7) is 3.86. The zero-order chi connectivity index (χ0) is 12.3. The van der Waals surface area contributed by atoms with E-state index in [1.807, 2.05) is 6.07 Å². The molecule has 1 N–H and O–H groups in total. The van der Waals surface area contributed by atoms with Crippen molar-refractivity contribution in [1.29, 1.82) is 0 Å². The number of rotatable bonds is 5. The number of benzene rings is 1. The molecular weight excluding hydrogens is 217 g/mol. The Labute approximate surface area is 102 Å². The average Bonchev–Trinajstić information content (AvgIpc) is 2.27. The van der Waals surface area contributed by atoms with Crippen LogP contribution in [0.25, 0.3) is 0 Å². The van der Waals surface area contributed by atoms with Crippen LogP contribution in [-0.2, 0) is 6.61 Å². The van der Waals surface area contributed by atoms with Gasteiger partial charge in [0.2, 0.25) is 0 Å². The highest BCUT2D eigenvalue weighted by Crippen LogP contribution is 2.29. The van der Waals surface area contributed by atoms with Crippen molar-refractivity contribution in [2.24, 2.45) is 5.92 Å². The van der Waals surface area contributed by atoms with Gasteiger partial charge in [0, 0.05) is 18.8 Å². The largest absolute Gasteiger partial charge is 0.392 e. The van der Waals surface area contributed by atoms with Gasteiger partial charge < -0.3 is 10.0 Å². The van der Waals surface area contributed by atoms with Crippen molar-refractivity contribution in [2.45, 2.75) is 32.8 Å². The minimum absolute atomic E-state index is 0.105. The third kappa shape index (κ3) is 2.97. The summed E-state index contributed by atoms with van der Waals surface area (Å²) in [6, 6.07) is 4.83. The van der Waals surface area contributed by atoms with Gasteiger partial charge >= 0.3 is 0 Å². The molecule has 94 valence electrons. The summed E-state index contributed by atoms with van der Waals surface area (Å²) < 4.78 is 13.4. The first-order valence-corrected chi connectivity index (χ1v) is 6.38. The normalized spacial score (nSPS) is 15.7. The Morgan fingerprint density at radius 2 is 2.12 bits per heavy atom. The summed E-state index contributed by atoms with van der Waals surface area (Å²) in [7, 11) is 0. The summed E-state index contributed by atoms with van der Waals surface area (Å²) in [6.07, 6.45) is 3.91. The van der Waals surface area contributed by atoms with E-state index in [0.717, 1.165) is 24.7 Å². The van der Waals surface area contributed by atoms with Crippen molar-refractivity contribution in [3.05, 3.63) is 29.6 Å². The maximum absolute atomic E-state index is 13.4. The fraction of sp³-hybridized carbons (Fsp3) is 0.571. The molecule has 1 aromatic carbocycles. The lowest BCUT2D eigenvalue weighted by atomic mass is 9.85. The highest BCUT2D eigenvalue weighted by molar-refractivity contribution is 5.49. The van der Waals surface area contributed by atoms with E-state index in [2.05, 4.69) is 11.8 Å². The van der Waals surface area contributed by atoms with Gasteiger partial charge in [-0.25, -0.2) is 4.39 Å². The molecule has 0 aromatic heterocycles. The van der Waals surface area contributed by atoms with Crippen LogP contribution in [0.2, 0.25) is 0 Å². The second-order valence-electron chi connectivity index (χ2n) is 4.81. The van der Waals surface area contributed by atoms with Gasteiger partial charge in [-0.3, -0.25) is 0 Å². The molecule has 3 heteroatoms. The number of hydrogen-bond acceptors (Lipinski definition) is 2. The highest BCUT2D eigenvalue weighted by Gasteiger charge is 2.20. The molecule has 0 amide bonds. The summed E-state index contributed by atoms with van der Waals surface area (Å²) >= 11 is 0. The Morgan fingerprint density at radius 3 is 2.65 bits per heavy atom. The number of hydrogen-bond donors (Lipinski definition) is 1. The van der Waals surface area contributed by atoms with Crippen molar-refractivity contribution in [1.82, 2.24) is 0 Å². The lowest BCUT2D eigenvalue weighted by Gasteiger charge is -2.33. The van der Waals surface area contributed by atoms with Gasteiger partial charge in [0.25, 0.3) is 0 Å². The van der Waals surface area contributed by atoms with Gasteiger partial charge in [0.05, 0.1) is 6.61 Å². The molecule has 1 fully saturated rings. The molecule has 1 aromatic rings. The molecule has 0 bridgehead atoms. The molecule has 1 aliphatic rings. The monoisotopic (exact) mass is 237 g/mol. The van der Waals surface area contributed by atoms with Crippen molar-refractivity contribution in [2.75, 3.05) is 18.0 Å². The Morgan fingerprint density at radius 1 is 1.35 bits per heavy atom. The molecule has 0 heterocycles. The summed E-state index contributed by atoms with van der Waals surface area (Å²) in [5, 5.41) is 9.10. The van der Waals surface area contributed by atoms with Crippen molar-refractivity contribution in [3.63, 3.8) is 0 Å². The standard InChI is InChI=1S/C14H20FNO/c1-2-16(9-11-4-3-5-11)14-7-12(10-17)6-13(15)8-14/h6-8,11,17H,2-5,9-10H2,1H3. The first-order chi connectivity index (χ1) is 8.22. The first kappa shape index (κ1) is 12.4. The van der Waals surface area contributed by atoms with Crippen molar-refractivity contribution >= 4 is 5.69 Å². The minimum Gasteiger partial charge on any atom is -0.392 e. The highest BCUT2D eigenvalue weighted by atomic mass is 19.1. The van der Waals surface area contributed by atoms with Crippen LogP contribution in [0.15, 0.2) is 18.2 Å². The van der Waals surface area contributed by atoms with Gasteiger partial charge in [0.15, 0.2) is 0 Å². The van der Waals surface area contributed by atoms with Crippen LogP contribution < -0.4 is 4.90 Å². The molecule has 0 atom stereocenters. The third-order valence-electron chi connectivity index (χ3n) is 3.58. The van der Waals surface area contributed by atoms with Gasteiger partial charge in [0.1, 0.15) is 5.82 Å². The smallest absolute Gasteiger partial charge is 0.125 e. The molecule has 2 rings (SSSR count). The van der Waals surface area contributed by atoms with Crippen LogP contribution in [0.5, 0.6) is 0 Å².